The van der Waals surface area contributed by atoms with E-state index in [0.717, 1.165) is 40.7 Å². The molecule has 1 amide bonds. The normalized spacial score (nSPS) is 17.9. The van der Waals surface area contributed by atoms with Gasteiger partial charge in [0.25, 0.3) is 0 Å². The molecule has 1 saturated heterocycles. The van der Waals surface area contributed by atoms with Gasteiger partial charge in [-0.3, -0.25) is 4.79 Å². The smallest absolute Gasteiger partial charge is 0.406 e. The van der Waals surface area contributed by atoms with Crippen LogP contribution >= 0.6 is 0 Å². The van der Waals surface area contributed by atoms with Crippen molar-refractivity contribution in [3.8, 4) is 5.75 Å². The van der Waals surface area contributed by atoms with Crippen molar-refractivity contribution in [3.63, 3.8) is 0 Å². The first-order valence-corrected chi connectivity index (χ1v) is 9.94. The lowest BCUT2D eigenvalue weighted by Gasteiger charge is -2.23. The molecule has 1 heterocycles. The van der Waals surface area contributed by atoms with E-state index in [-0.39, 0.29) is 23.5 Å². The number of alkyl halides is 3. The Labute approximate surface area is 164 Å². The average Bonchev–Trinajstić information content (AvgIpc) is 3.13. The maximum atomic E-state index is 13.1. The topological polar surface area (TPSA) is 75.7 Å². The minimum absolute atomic E-state index is 0.121. The van der Waals surface area contributed by atoms with Gasteiger partial charge in [-0.25, -0.2) is 12.8 Å². The van der Waals surface area contributed by atoms with E-state index in [1.165, 1.54) is 12.1 Å². The Morgan fingerprint density at radius 1 is 1.07 bits per heavy atom. The summed E-state index contributed by atoms with van der Waals surface area (Å²) >= 11 is 0. The number of anilines is 1. The number of ether oxygens (including phenoxy) is 1. The van der Waals surface area contributed by atoms with E-state index in [1.54, 1.807) is 0 Å². The molecule has 1 atom stereocenters. The quantitative estimate of drug-likeness (QED) is 0.734. The molecule has 11 heteroatoms. The Balaban J connectivity index is 1.72. The molecular weight excluding hydrogens is 416 g/mol. The number of rotatable bonds is 5. The Bertz CT molecular complexity index is 976. The molecule has 0 radical (unpaired) electrons. The third kappa shape index (κ3) is 5.04. The highest BCUT2D eigenvalue weighted by molar-refractivity contribution is 7.89. The van der Waals surface area contributed by atoms with E-state index in [4.69, 9.17) is 0 Å². The summed E-state index contributed by atoms with van der Waals surface area (Å²) < 4.78 is 80.0. The summed E-state index contributed by atoms with van der Waals surface area (Å²) in [5.74, 6) is -1.65. The lowest BCUT2D eigenvalue weighted by Crippen LogP contribution is -2.43. The van der Waals surface area contributed by atoms with Gasteiger partial charge in [0, 0.05) is 12.2 Å². The molecule has 1 aliphatic heterocycles. The van der Waals surface area contributed by atoms with Crippen molar-refractivity contribution >= 4 is 21.6 Å². The third-order valence-electron chi connectivity index (χ3n) is 4.28. The van der Waals surface area contributed by atoms with Gasteiger partial charge in [0.1, 0.15) is 17.6 Å². The lowest BCUT2D eigenvalue weighted by atomic mass is 10.2. The second-order valence-corrected chi connectivity index (χ2v) is 8.18. The molecule has 0 aromatic heterocycles. The average molecular weight is 432 g/mol. The fraction of sp³-hybridized carbons (Fsp3) is 0.278. The van der Waals surface area contributed by atoms with Crippen molar-refractivity contribution in [3.05, 3.63) is 54.3 Å². The van der Waals surface area contributed by atoms with Gasteiger partial charge in [-0.05, 0) is 61.4 Å². The summed E-state index contributed by atoms with van der Waals surface area (Å²) in [4.78, 5) is 12.5. The number of carbonyl (C=O) groups is 1. The molecule has 1 fully saturated rings. The second kappa shape index (κ2) is 7.99. The molecule has 0 unspecified atom stereocenters. The van der Waals surface area contributed by atoms with Crippen molar-refractivity contribution < 1.29 is 35.5 Å². The minimum Gasteiger partial charge on any atom is -0.406 e. The molecule has 2 aromatic rings. The van der Waals surface area contributed by atoms with E-state index in [9.17, 15) is 30.8 Å². The SMILES string of the molecule is O=C(Nc1ccc(OC(F)(F)F)cc1)[C@H]1CCCN1S(=O)(=O)c1ccc(F)cc1. The second-order valence-electron chi connectivity index (χ2n) is 6.29. The zero-order valence-electron chi connectivity index (χ0n) is 14.8. The molecule has 29 heavy (non-hydrogen) atoms. The van der Waals surface area contributed by atoms with Crippen LogP contribution in [0.15, 0.2) is 53.4 Å². The van der Waals surface area contributed by atoms with Crippen LogP contribution in [0.25, 0.3) is 0 Å². The van der Waals surface area contributed by atoms with Gasteiger partial charge in [-0.1, -0.05) is 0 Å². The van der Waals surface area contributed by atoms with Gasteiger partial charge < -0.3 is 10.1 Å². The number of carbonyl (C=O) groups excluding carboxylic acids is 1. The maximum Gasteiger partial charge on any atom is 0.573 e. The number of amides is 1. The lowest BCUT2D eigenvalue weighted by molar-refractivity contribution is -0.274. The van der Waals surface area contributed by atoms with Gasteiger partial charge in [0.05, 0.1) is 4.90 Å². The van der Waals surface area contributed by atoms with E-state index in [2.05, 4.69) is 10.1 Å². The Morgan fingerprint density at radius 3 is 2.28 bits per heavy atom. The van der Waals surface area contributed by atoms with E-state index < -0.39 is 39.9 Å². The van der Waals surface area contributed by atoms with E-state index in [0.29, 0.717) is 6.42 Å². The van der Waals surface area contributed by atoms with Crippen molar-refractivity contribution in [2.24, 2.45) is 0 Å². The van der Waals surface area contributed by atoms with Crippen LogP contribution in [0.2, 0.25) is 0 Å². The van der Waals surface area contributed by atoms with Crippen LogP contribution in [-0.4, -0.2) is 37.6 Å². The van der Waals surface area contributed by atoms with Crippen LogP contribution in [0.3, 0.4) is 0 Å². The zero-order chi connectivity index (χ0) is 21.2. The minimum atomic E-state index is -4.83. The number of nitrogens with one attached hydrogen (secondary N) is 1. The number of hydrogen-bond donors (Lipinski definition) is 1. The van der Waals surface area contributed by atoms with Gasteiger partial charge in [0.15, 0.2) is 0 Å². The summed E-state index contributed by atoms with van der Waals surface area (Å²) in [5, 5.41) is 2.49. The predicted molar refractivity (Wildman–Crippen MR) is 95.1 cm³/mol. The van der Waals surface area contributed by atoms with Crippen LogP contribution < -0.4 is 10.1 Å². The van der Waals surface area contributed by atoms with Crippen LogP contribution in [0.4, 0.5) is 23.2 Å². The van der Waals surface area contributed by atoms with Crippen LogP contribution in [0, 0.1) is 5.82 Å². The first-order chi connectivity index (χ1) is 13.6. The highest BCUT2D eigenvalue weighted by Crippen LogP contribution is 2.28. The van der Waals surface area contributed by atoms with Crippen molar-refractivity contribution in [2.45, 2.75) is 30.1 Å². The first-order valence-electron chi connectivity index (χ1n) is 8.50. The highest BCUT2D eigenvalue weighted by atomic mass is 32.2. The summed E-state index contributed by atoms with van der Waals surface area (Å²) in [6.07, 6.45) is -4.10. The Hall–Kier alpha value is -2.66. The Morgan fingerprint density at radius 2 is 1.69 bits per heavy atom. The molecule has 6 nitrogen and oxygen atoms in total. The first kappa shape index (κ1) is 21.1. The monoisotopic (exact) mass is 432 g/mol. The van der Waals surface area contributed by atoms with Gasteiger partial charge in [0.2, 0.25) is 15.9 Å². The molecule has 2 aromatic carbocycles. The van der Waals surface area contributed by atoms with Gasteiger partial charge in [-0.15, -0.1) is 13.2 Å². The standard InChI is InChI=1S/C18H16F4N2O4S/c19-12-3-9-15(10-4-12)29(26,27)24-11-1-2-16(24)17(25)23-13-5-7-14(8-6-13)28-18(20,21)22/h3-10,16H,1-2,11H2,(H,23,25)/t16-/m1/s1. The van der Waals surface area contributed by atoms with Gasteiger partial charge in [-0.2, -0.15) is 4.31 Å². The summed E-state index contributed by atoms with van der Waals surface area (Å²) in [6.45, 7) is 0.121. The molecule has 0 spiro atoms. The summed E-state index contributed by atoms with van der Waals surface area (Å²) in [7, 11) is -4.01. The largest absolute Gasteiger partial charge is 0.573 e. The van der Waals surface area contributed by atoms with Crippen molar-refractivity contribution in [1.29, 1.82) is 0 Å². The fourth-order valence-electron chi connectivity index (χ4n) is 3.00. The third-order valence-corrected chi connectivity index (χ3v) is 6.20. The summed E-state index contributed by atoms with van der Waals surface area (Å²) in [5.41, 5.74) is 0.190. The van der Waals surface area contributed by atoms with Crippen LogP contribution in [0.5, 0.6) is 5.75 Å². The number of halogens is 4. The summed E-state index contributed by atoms with van der Waals surface area (Å²) in [6, 6.07) is 7.78. The number of sulfonamides is 1. The number of benzene rings is 2. The van der Waals surface area contributed by atoms with Crippen LogP contribution in [-0.2, 0) is 14.8 Å². The Kier molecular flexibility index (Phi) is 5.80. The van der Waals surface area contributed by atoms with E-state index >= 15 is 0 Å². The molecule has 0 saturated carbocycles. The maximum absolute atomic E-state index is 13.1. The predicted octanol–water partition coefficient (Wildman–Crippen LogP) is 3.52. The van der Waals surface area contributed by atoms with Gasteiger partial charge >= 0.3 is 6.36 Å². The molecule has 1 N–H and O–H groups in total. The van der Waals surface area contributed by atoms with Crippen molar-refractivity contribution in [2.75, 3.05) is 11.9 Å². The molecule has 3 rings (SSSR count). The van der Waals surface area contributed by atoms with Crippen LogP contribution in [0.1, 0.15) is 12.8 Å². The number of hydrogen-bond acceptors (Lipinski definition) is 4. The molecular formula is C18H16F4N2O4S. The molecule has 1 aliphatic rings. The highest BCUT2D eigenvalue weighted by Gasteiger charge is 2.39. The number of nitrogens with zero attached hydrogens (tertiary/aromatic N) is 1. The van der Waals surface area contributed by atoms with E-state index in [1.807, 2.05) is 0 Å². The molecule has 156 valence electrons. The zero-order valence-corrected chi connectivity index (χ0v) is 15.6. The van der Waals surface area contributed by atoms with Crippen molar-refractivity contribution in [1.82, 2.24) is 4.31 Å². The molecule has 0 bridgehead atoms. The molecule has 0 aliphatic carbocycles. The fourth-order valence-corrected chi connectivity index (χ4v) is 4.65.